The van der Waals surface area contributed by atoms with E-state index in [9.17, 15) is 0 Å². The maximum atomic E-state index is 5.68. The van der Waals surface area contributed by atoms with Crippen LogP contribution in [0.15, 0.2) is 4.52 Å². The number of methoxy groups -OCH3 is 1. The molecule has 0 bridgehead atoms. The van der Waals surface area contributed by atoms with Crippen LogP contribution in [0.5, 0.6) is 0 Å². The predicted molar refractivity (Wildman–Crippen MR) is 67.9 cm³/mol. The minimum atomic E-state index is -0.428. The third-order valence-corrected chi connectivity index (χ3v) is 4.19. The fourth-order valence-corrected chi connectivity index (χ4v) is 2.87. The second-order valence-corrected chi connectivity index (χ2v) is 5.31. The molecule has 2 aliphatic rings. The standard InChI is InChI=1S/C13H21N3O3/c1-17-13(4-7-18-8-5-13)12-15-11(19-16-12)10-3-2-6-14-9-10/h10,14H,2-9H2,1H3/t10-/m1/s1. The Labute approximate surface area is 112 Å². The van der Waals surface area contributed by atoms with Gasteiger partial charge in [0.15, 0.2) is 0 Å². The third kappa shape index (κ3) is 2.52. The lowest BCUT2D eigenvalue weighted by Crippen LogP contribution is -2.36. The van der Waals surface area contributed by atoms with E-state index >= 15 is 0 Å². The first-order chi connectivity index (χ1) is 9.34. The second-order valence-electron chi connectivity index (χ2n) is 5.31. The minimum absolute atomic E-state index is 0.337. The number of ether oxygens (including phenoxy) is 2. The molecule has 6 heteroatoms. The lowest BCUT2D eigenvalue weighted by atomic mass is 9.93. The highest BCUT2D eigenvalue weighted by atomic mass is 16.5. The molecule has 1 atom stereocenters. The highest BCUT2D eigenvalue weighted by molar-refractivity contribution is 5.05. The number of hydrogen-bond acceptors (Lipinski definition) is 6. The molecule has 2 fully saturated rings. The summed E-state index contributed by atoms with van der Waals surface area (Å²) in [6.45, 7) is 3.37. The highest BCUT2D eigenvalue weighted by Crippen LogP contribution is 2.34. The summed E-state index contributed by atoms with van der Waals surface area (Å²) in [6, 6.07) is 0. The van der Waals surface area contributed by atoms with E-state index in [2.05, 4.69) is 15.5 Å². The first-order valence-electron chi connectivity index (χ1n) is 7.02. The molecule has 3 heterocycles. The summed E-state index contributed by atoms with van der Waals surface area (Å²) in [7, 11) is 1.71. The van der Waals surface area contributed by atoms with E-state index in [1.165, 1.54) is 0 Å². The van der Waals surface area contributed by atoms with Crippen molar-refractivity contribution in [3.05, 3.63) is 11.7 Å². The molecule has 0 saturated carbocycles. The van der Waals surface area contributed by atoms with Crippen molar-refractivity contribution >= 4 is 0 Å². The Kier molecular flexibility index (Phi) is 3.81. The Morgan fingerprint density at radius 1 is 1.37 bits per heavy atom. The van der Waals surface area contributed by atoms with Gasteiger partial charge < -0.3 is 19.3 Å². The molecule has 106 valence electrons. The van der Waals surface area contributed by atoms with Crippen molar-refractivity contribution in [1.29, 1.82) is 0 Å². The van der Waals surface area contributed by atoms with E-state index in [1.807, 2.05) is 0 Å². The quantitative estimate of drug-likeness (QED) is 0.887. The maximum Gasteiger partial charge on any atom is 0.231 e. The second kappa shape index (κ2) is 5.56. The van der Waals surface area contributed by atoms with Gasteiger partial charge in [-0.2, -0.15) is 4.98 Å². The summed E-state index contributed by atoms with van der Waals surface area (Å²) < 4.78 is 16.5. The van der Waals surface area contributed by atoms with Gasteiger partial charge in [-0.1, -0.05) is 5.16 Å². The molecule has 19 heavy (non-hydrogen) atoms. The van der Waals surface area contributed by atoms with Crippen molar-refractivity contribution < 1.29 is 14.0 Å². The Morgan fingerprint density at radius 2 is 2.21 bits per heavy atom. The molecule has 1 aromatic heterocycles. The molecule has 0 aromatic carbocycles. The van der Waals surface area contributed by atoms with E-state index < -0.39 is 5.60 Å². The molecule has 6 nitrogen and oxygen atoms in total. The Hall–Kier alpha value is -0.980. The van der Waals surface area contributed by atoms with Crippen LogP contribution in [0.1, 0.15) is 43.3 Å². The maximum absolute atomic E-state index is 5.68. The van der Waals surface area contributed by atoms with Crippen LogP contribution < -0.4 is 5.32 Å². The van der Waals surface area contributed by atoms with Crippen LogP contribution in [0.25, 0.3) is 0 Å². The minimum Gasteiger partial charge on any atom is -0.381 e. The SMILES string of the molecule is COC1(c2noc([C@@H]3CCCNC3)n2)CCOCC1. The summed E-state index contributed by atoms with van der Waals surface area (Å²) in [5.41, 5.74) is -0.428. The molecule has 0 amide bonds. The molecule has 2 saturated heterocycles. The Bertz CT molecular complexity index is 409. The van der Waals surface area contributed by atoms with Crippen LogP contribution in [0, 0.1) is 0 Å². The van der Waals surface area contributed by atoms with Crippen LogP contribution in [-0.2, 0) is 15.1 Å². The molecule has 0 radical (unpaired) electrons. The predicted octanol–water partition coefficient (Wildman–Crippen LogP) is 1.19. The number of rotatable bonds is 3. The average molecular weight is 267 g/mol. The lowest BCUT2D eigenvalue weighted by molar-refractivity contribution is -0.101. The molecule has 0 unspecified atom stereocenters. The molecule has 2 aliphatic heterocycles. The van der Waals surface area contributed by atoms with Crippen molar-refractivity contribution in [1.82, 2.24) is 15.5 Å². The monoisotopic (exact) mass is 267 g/mol. The van der Waals surface area contributed by atoms with E-state index in [1.54, 1.807) is 7.11 Å². The van der Waals surface area contributed by atoms with Gasteiger partial charge in [-0.25, -0.2) is 0 Å². The van der Waals surface area contributed by atoms with Gasteiger partial charge in [0.05, 0.1) is 5.92 Å². The zero-order valence-electron chi connectivity index (χ0n) is 11.4. The van der Waals surface area contributed by atoms with E-state index in [4.69, 9.17) is 14.0 Å². The van der Waals surface area contributed by atoms with Crippen LogP contribution >= 0.6 is 0 Å². The van der Waals surface area contributed by atoms with E-state index in [0.29, 0.717) is 25.0 Å². The van der Waals surface area contributed by atoms with Crippen molar-refractivity contribution in [3.63, 3.8) is 0 Å². The molecule has 0 aliphatic carbocycles. The van der Waals surface area contributed by atoms with Crippen LogP contribution in [0.3, 0.4) is 0 Å². The van der Waals surface area contributed by atoms with Gasteiger partial charge in [0.1, 0.15) is 5.60 Å². The largest absolute Gasteiger partial charge is 0.381 e. The molecular weight excluding hydrogens is 246 g/mol. The van der Waals surface area contributed by atoms with Gasteiger partial charge >= 0.3 is 0 Å². The summed E-state index contributed by atoms with van der Waals surface area (Å²) in [4.78, 5) is 4.60. The lowest BCUT2D eigenvalue weighted by Gasteiger charge is -2.32. The van der Waals surface area contributed by atoms with Gasteiger partial charge in [-0.3, -0.25) is 0 Å². The van der Waals surface area contributed by atoms with Crippen LogP contribution in [-0.4, -0.2) is 43.6 Å². The number of piperidine rings is 1. The van der Waals surface area contributed by atoms with Gasteiger partial charge in [0.2, 0.25) is 11.7 Å². The fourth-order valence-electron chi connectivity index (χ4n) is 2.87. The number of nitrogens with one attached hydrogen (secondary N) is 1. The number of nitrogens with zero attached hydrogens (tertiary/aromatic N) is 2. The molecular formula is C13H21N3O3. The van der Waals surface area contributed by atoms with Crippen LogP contribution in [0.2, 0.25) is 0 Å². The summed E-state index contributed by atoms with van der Waals surface area (Å²) >= 11 is 0. The van der Waals surface area contributed by atoms with Gasteiger partial charge in [0, 0.05) is 39.7 Å². The summed E-state index contributed by atoms with van der Waals surface area (Å²) in [5, 5.41) is 7.53. The summed E-state index contributed by atoms with van der Waals surface area (Å²) in [5.74, 6) is 1.76. The third-order valence-electron chi connectivity index (χ3n) is 4.19. The van der Waals surface area contributed by atoms with Crippen molar-refractivity contribution in [2.45, 2.75) is 37.2 Å². The summed E-state index contributed by atoms with van der Waals surface area (Å²) in [6.07, 6.45) is 3.83. The molecule has 1 aromatic rings. The van der Waals surface area contributed by atoms with E-state index in [0.717, 1.165) is 44.7 Å². The average Bonchev–Trinajstić information content (AvgIpc) is 2.99. The van der Waals surface area contributed by atoms with Crippen LogP contribution in [0.4, 0.5) is 0 Å². The normalized spacial score (nSPS) is 27.3. The van der Waals surface area contributed by atoms with Gasteiger partial charge in [-0.15, -0.1) is 0 Å². The van der Waals surface area contributed by atoms with Gasteiger partial charge in [-0.05, 0) is 19.4 Å². The van der Waals surface area contributed by atoms with Crippen molar-refractivity contribution in [2.24, 2.45) is 0 Å². The zero-order chi connectivity index (χ0) is 13.1. The first-order valence-corrected chi connectivity index (χ1v) is 7.02. The molecule has 0 spiro atoms. The van der Waals surface area contributed by atoms with Crippen molar-refractivity contribution in [3.8, 4) is 0 Å². The first kappa shape index (κ1) is 13.0. The van der Waals surface area contributed by atoms with Gasteiger partial charge in [0.25, 0.3) is 0 Å². The zero-order valence-corrected chi connectivity index (χ0v) is 11.4. The fraction of sp³-hybridized carbons (Fsp3) is 0.846. The highest BCUT2D eigenvalue weighted by Gasteiger charge is 2.39. The Morgan fingerprint density at radius 3 is 2.89 bits per heavy atom. The smallest absolute Gasteiger partial charge is 0.231 e. The number of hydrogen-bond donors (Lipinski definition) is 1. The Balaban J connectivity index is 1.79. The molecule has 1 N–H and O–H groups in total. The number of aromatic nitrogens is 2. The topological polar surface area (TPSA) is 69.4 Å². The van der Waals surface area contributed by atoms with E-state index in [-0.39, 0.29) is 0 Å². The van der Waals surface area contributed by atoms with Crippen molar-refractivity contribution in [2.75, 3.05) is 33.4 Å². The molecule has 3 rings (SSSR count).